The lowest BCUT2D eigenvalue weighted by Crippen LogP contribution is -2.43. The number of ether oxygens (including phenoxy) is 1. The molecule has 0 saturated carbocycles. The Hall–Kier alpha value is -1.79. The number of aliphatic imine (C=N–C) groups is 1. The molecule has 3 N–H and O–H groups in total. The third-order valence-corrected chi connectivity index (χ3v) is 2.57. The average Bonchev–Trinajstić information content (AvgIpc) is 2.42. The van der Waals surface area contributed by atoms with Crippen molar-refractivity contribution in [3.63, 3.8) is 0 Å². The van der Waals surface area contributed by atoms with Gasteiger partial charge in [-0.25, -0.2) is 4.99 Å². The van der Waals surface area contributed by atoms with E-state index in [1.807, 2.05) is 27.7 Å². The number of carbonyl (C=O) groups excluding carboxylic acids is 2. The first-order chi connectivity index (χ1) is 10.3. The maximum absolute atomic E-state index is 11.7. The molecular formula is C15H30N4O3. The van der Waals surface area contributed by atoms with Gasteiger partial charge < -0.3 is 20.7 Å². The van der Waals surface area contributed by atoms with E-state index in [2.05, 4.69) is 25.7 Å². The van der Waals surface area contributed by atoms with Crippen LogP contribution in [-0.2, 0) is 14.3 Å². The highest BCUT2D eigenvalue weighted by Gasteiger charge is 2.13. The minimum atomic E-state index is -0.258. The average molecular weight is 314 g/mol. The molecule has 0 aromatic heterocycles. The number of rotatable bonds is 8. The van der Waals surface area contributed by atoms with E-state index < -0.39 is 0 Å². The largest absolute Gasteiger partial charge is 0.469 e. The van der Waals surface area contributed by atoms with E-state index in [9.17, 15) is 9.59 Å². The van der Waals surface area contributed by atoms with Gasteiger partial charge in [-0.2, -0.15) is 0 Å². The van der Waals surface area contributed by atoms with Crippen molar-refractivity contribution in [1.29, 1.82) is 0 Å². The third-order valence-electron chi connectivity index (χ3n) is 2.57. The smallest absolute Gasteiger partial charge is 0.305 e. The molecule has 0 heterocycles. The molecule has 0 aliphatic heterocycles. The summed E-state index contributed by atoms with van der Waals surface area (Å²) in [5.41, 5.74) is -0.258. The Labute approximate surface area is 133 Å². The van der Waals surface area contributed by atoms with Gasteiger partial charge in [0.2, 0.25) is 5.91 Å². The van der Waals surface area contributed by atoms with Crippen LogP contribution in [0.25, 0.3) is 0 Å². The molecule has 0 saturated heterocycles. The topological polar surface area (TPSA) is 91.8 Å². The summed E-state index contributed by atoms with van der Waals surface area (Å²) in [5.74, 6) is 0.291. The summed E-state index contributed by atoms with van der Waals surface area (Å²) >= 11 is 0. The molecule has 22 heavy (non-hydrogen) atoms. The van der Waals surface area contributed by atoms with E-state index in [0.29, 0.717) is 18.9 Å². The van der Waals surface area contributed by atoms with Crippen LogP contribution in [0.5, 0.6) is 0 Å². The first-order valence-electron chi connectivity index (χ1n) is 7.68. The first kappa shape index (κ1) is 20.2. The number of methoxy groups -OCH3 is 1. The number of hydrogen-bond acceptors (Lipinski definition) is 4. The van der Waals surface area contributed by atoms with Crippen molar-refractivity contribution in [1.82, 2.24) is 16.0 Å². The maximum atomic E-state index is 11.7. The quantitative estimate of drug-likeness (QED) is 0.267. The fourth-order valence-electron chi connectivity index (χ4n) is 1.65. The molecule has 0 aromatic rings. The van der Waals surface area contributed by atoms with Crippen LogP contribution in [0.4, 0.5) is 0 Å². The lowest BCUT2D eigenvalue weighted by Gasteiger charge is -2.20. The monoisotopic (exact) mass is 314 g/mol. The first-order valence-corrected chi connectivity index (χ1v) is 7.68. The van der Waals surface area contributed by atoms with E-state index in [0.717, 1.165) is 19.4 Å². The standard InChI is InChI=1S/C15H30N4O3/c1-6-16-14(17-10-8-7-9-13(21)22-5)18-11-12(20)19-15(2,3)4/h6-11H2,1-5H3,(H,19,20)(H2,16,17,18). The third kappa shape index (κ3) is 12.0. The van der Waals surface area contributed by atoms with Crippen molar-refractivity contribution >= 4 is 17.8 Å². The highest BCUT2D eigenvalue weighted by molar-refractivity contribution is 5.85. The van der Waals surface area contributed by atoms with E-state index in [4.69, 9.17) is 0 Å². The Kier molecular flexibility index (Phi) is 9.98. The van der Waals surface area contributed by atoms with Gasteiger partial charge in [-0.15, -0.1) is 0 Å². The number of amides is 1. The Morgan fingerprint density at radius 3 is 2.36 bits per heavy atom. The summed E-state index contributed by atoms with van der Waals surface area (Å²) in [4.78, 5) is 26.9. The van der Waals surface area contributed by atoms with Gasteiger partial charge in [0.15, 0.2) is 5.96 Å². The number of hydrogen-bond donors (Lipinski definition) is 3. The minimum Gasteiger partial charge on any atom is -0.469 e. The summed E-state index contributed by atoms with van der Waals surface area (Å²) < 4.78 is 4.58. The number of nitrogens with zero attached hydrogens (tertiary/aromatic N) is 1. The fourth-order valence-corrected chi connectivity index (χ4v) is 1.65. The molecule has 0 aromatic carbocycles. The van der Waals surface area contributed by atoms with Gasteiger partial charge in [0.05, 0.1) is 7.11 Å². The summed E-state index contributed by atoms with van der Waals surface area (Å²) in [6.07, 6.45) is 2.00. The van der Waals surface area contributed by atoms with Crippen LogP contribution < -0.4 is 16.0 Å². The Bertz CT molecular complexity index is 375. The zero-order chi connectivity index (χ0) is 17.0. The van der Waals surface area contributed by atoms with Crippen LogP contribution in [0.3, 0.4) is 0 Å². The predicted molar refractivity (Wildman–Crippen MR) is 87.7 cm³/mol. The second-order valence-electron chi connectivity index (χ2n) is 5.95. The molecule has 7 nitrogen and oxygen atoms in total. The fraction of sp³-hybridized carbons (Fsp3) is 0.800. The van der Waals surface area contributed by atoms with Crippen LogP contribution in [0, 0.1) is 0 Å². The molecule has 1 amide bonds. The molecule has 0 aliphatic rings. The molecule has 128 valence electrons. The van der Waals surface area contributed by atoms with Crippen LogP contribution in [-0.4, -0.2) is 50.1 Å². The van der Waals surface area contributed by atoms with E-state index in [1.165, 1.54) is 7.11 Å². The van der Waals surface area contributed by atoms with Crippen molar-refractivity contribution in [2.75, 3.05) is 26.7 Å². The SMILES string of the molecule is CCNC(=NCC(=O)NC(C)(C)C)NCCCCC(=O)OC. The molecule has 0 radical (unpaired) electrons. The molecular weight excluding hydrogens is 284 g/mol. The van der Waals surface area contributed by atoms with Crippen molar-refractivity contribution in [2.45, 2.75) is 52.5 Å². The highest BCUT2D eigenvalue weighted by atomic mass is 16.5. The lowest BCUT2D eigenvalue weighted by atomic mass is 10.1. The Morgan fingerprint density at radius 1 is 1.14 bits per heavy atom. The van der Waals surface area contributed by atoms with E-state index >= 15 is 0 Å². The molecule has 0 fully saturated rings. The number of nitrogens with one attached hydrogen (secondary N) is 3. The van der Waals surface area contributed by atoms with Crippen molar-refractivity contribution in [2.24, 2.45) is 4.99 Å². The normalized spacial score (nSPS) is 11.8. The molecule has 0 bridgehead atoms. The number of carbonyl (C=O) groups is 2. The number of esters is 1. The van der Waals surface area contributed by atoms with Crippen LogP contribution in [0.2, 0.25) is 0 Å². The van der Waals surface area contributed by atoms with Crippen molar-refractivity contribution in [3.8, 4) is 0 Å². The molecule has 0 aliphatic carbocycles. The van der Waals surface area contributed by atoms with Gasteiger partial charge in [-0.3, -0.25) is 9.59 Å². The molecule has 0 rings (SSSR count). The van der Waals surface area contributed by atoms with Crippen LogP contribution >= 0.6 is 0 Å². The van der Waals surface area contributed by atoms with Crippen molar-refractivity contribution in [3.05, 3.63) is 0 Å². The lowest BCUT2D eigenvalue weighted by molar-refractivity contribution is -0.140. The number of unbranched alkanes of at least 4 members (excludes halogenated alkanes) is 1. The van der Waals surface area contributed by atoms with E-state index in [1.54, 1.807) is 0 Å². The Balaban J connectivity index is 4.10. The summed E-state index contributed by atoms with van der Waals surface area (Å²) in [7, 11) is 1.39. The Morgan fingerprint density at radius 2 is 1.82 bits per heavy atom. The van der Waals surface area contributed by atoms with Crippen LogP contribution in [0.15, 0.2) is 4.99 Å². The second-order valence-corrected chi connectivity index (χ2v) is 5.95. The summed E-state index contributed by atoms with van der Waals surface area (Å²) in [5, 5.41) is 9.08. The maximum Gasteiger partial charge on any atom is 0.305 e. The number of guanidine groups is 1. The zero-order valence-corrected chi connectivity index (χ0v) is 14.4. The second kappa shape index (κ2) is 10.9. The van der Waals surface area contributed by atoms with Gasteiger partial charge in [0.25, 0.3) is 0 Å². The molecule has 0 spiro atoms. The summed E-state index contributed by atoms with van der Waals surface area (Å²) in [6.45, 7) is 9.23. The predicted octanol–water partition coefficient (Wildman–Crippen LogP) is 0.800. The van der Waals surface area contributed by atoms with Gasteiger partial charge >= 0.3 is 5.97 Å². The molecule has 0 unspecified atom stereocenters. The van der Waals surface area contributed by atoms with E-state index in [-0.39, 0.29) is 24.0 Å². The highest BCUT2D eigenvalue weighted by Crippen LogP contribution is 1.98. The zero-order valence-electron chi connectivity index (χ0n) is 14.4. The van der Waals surface area contributed by atoms with Crippen molar-refractivity contribution < 1.29 is 14.3 Å². The molecule has 0 atom stereocenters. The van der Waals surface area contributed by atoms with Crippen LogP contribution in [0.1, 0.15) is 47.0 Å². The van der Waals surface area contributed by atoms with Gasteiger partial charge in [0, 0.05) is 25.0 Å². The molecule has 7 heteroatoms. The van der Waals surface area contributed by atoms with Gasteiger partial charge in [-0.1, -0.05) is 0 Å². The van der Waals surface area contributed by atoms with Gasteiger partial charge in [-0.05, 0) is 40.5 Å². The summed E-state index contributed by atoms with van der Waals surface area (Å²) in [6, 6.07) is 0. The van der Waals surface area contributed by atoms with Gasteiger partial charge in [0.1, 0.15) is 6.54 Å². The minimum absolute atomic E-state index is 0.0781.